The molecule has 2 atom stereocenters. The van der Waals surface area contributed by atoms with E-state index in [9.17, 15) is 4.79 Å². The Bertz CT molecular complexity index is 922. The second-order valence-electron chi connectivity index (χ2n) is 6.78. The molecule has 2 aromatic heterocycles. The first-order chi connectivity index (χ1) is 12.5. The van der Waals surface area contributed by atoms with Gasteiger partial charge in [0.15, 0.2) is 5.65 Å². The molecule has 1 aliphatic rings. The number of aromatic nitrogens is 4. The first-order valence-corrected chi connectivity index (χ1v) is 8.64. The summed E-state index contributed by atoms with van der Waals surface area (Å²) in [6.45, 7) is 3.35. The molecule has 0 spiro atoms. The van der Waals surface area contributed by atoms with Gasteiger partial charge in [-0.15, -0.1) is 0 Å². The van der Waals surface area contributed by atoms with Gasteiger partial charge in [0, 0.05) is 25.7 Å². The van der Waals surface area contributed by atoms with Crippen LogP contribution in [0, 0.1) is 0 Å². The van der Waals surface area contributed by atoms with Crippen LogP contribution in [-0.4, -0.2) is 63.1 Å². The van der Waals surface area contributed by atoms with Crippen LogP contribution in [0.4, 0.5) is 5.82 Å². The van der Waals surface area contributed by atoms with Crippen LogP contribution in [0.15, 0.2) is 30.3 Å². The number of hydrogen-bond acceptors (Lipinski definition) is 5. The van der Waals surface area contributed by atoms with Crippen molar-refractivity contribution in [2.75, 3.05) is 25.5 Å². The van der Waals surface area contributed by atoms with Gasteiger partial charge in [-0.05, 0) is 14.0 Å². The summed E-state index contributed by atoms with van der Waals surface area (Å²) >= 11 is 0. The smallest absolute Gasteiger partial charge is 0.256 e. The number of morpholine rings is 1. The minimum absolute atomic E-state index is 0.0181. The highest BCUT2D eigenvalue weighted by Crippen LogP contribution is 2.31. The molecule has 3 heterocycles. The van der Waals surface area contributed by atoms with Crippen LogP contribution in [0.3, 0.4) is 0 Å². The van der Waals surface area contributed by atoms with Gasteiger partial charge in [0.1, 0.15) is 17.6 Å². The normalized spacial score (nSPS) is 21.2. The zero-order chi connectivity index (χ0) is 18.3. The molecule has 1 amide bonds. The Morgan fingerprint density at radius 3 is 2.77 bits per heavy atom. The highest BCUT2D eigenvalue weighted by molar-refractivity contribution is 6.06. The summed E-state index contributed by atoms with van der Waals surface area (Å²) in [7, 11) is 3.82. The van der Waals surface area contributed by atoms with Crippen molar-refractivity contribution in [2.24, 2.45) is 7.05 Å². The number of H-pyrrole nitrogens is 1. The summed E-state index contributed by atoms with van der Waals surface area (Å²) < 4.78 is 7.50. The average Bonchev–Trinajstić information content (AvgIpc) is 3.17. The van der Waals surface area contributed by atoms with Crippen LogP contribution < -0.4 is 5.32 Å². The Hall–Kier alpha value is -2.71. The van der Waals surface area contributed by atoms with E-state index in [-0.39, 0.29) is 12.0 Å². The van der Waals surface area contributed by atoms with Crippen LogP contribution in [0.1, 0.15) is 6.92 Å². The van der Waals surface area contributed by atoms with Gasteiger partial charge in [0.2, 0.25) is 0 Å². The number of anilines is 1. The van der Waals surface area contributed by atoms with E-state index in [0.717, 1.165) is 23.2 Å². The molecule has 0 bridgehead atoms. The largest absolute Gasteiger partial charge is 0.363 e. The summed E-state index contributed by atoms with van der Waals surface area (Å²) in [6.07, 6.45) is -0.497. The number of aryl methyl sites for hydroxylation is 1. The van der Waals surface area contributed by atoms with Gasteiger partial charge in [-0.3, -0.25) is 9.89 Å². The topological polar surface area (TPSA) is 88.1 Å². The number of rotatable bonds is 3. The number of ether oxygens (including phenoxy) is 1. The summed E-state index contributed by atoms with van der Waals surface area (Å²) in [5.74, 6) is 0.359. The zero-order valence-electron chi connectivity index (χ0n) is 15.1. The molecule has 8 nitrogen and oxygen atoms in total. The van der Waals surface area contributed by atoms with Gasteiger partial charge in [0.25, 0.3) is 5.91 Å². The summed E-state index contributed by atoms with van der Waals surface area (Å²) in [6, 6.07) is 9.85. The predicted molar refractivity (Wildman–Crippen MR) is 98.8 cm³/mol. The Labute approximate surface area is 151 Å². The summed E-state index contributed by atoms with van der Waals surface area (Å²) in [5.41, 5.74) is 2.44. The SMILES string of the molecule is C[C@@H]1CN(C)C[C@H](C(=O)Nc2[nH]nc3c2c(-c2ccccc2)nn3C)O1. The minimum atomic E-state index is -0.515. The molecule has 1 aromatic carbocycles. The summed E-state index contributed by atoms with van der Waals surface area (Å²) in [4.78, 5) is 14.8. The van der Waals surface area contributed by atoms with Crippen molar-refractivity contribution in [3.05, 3.63) is 30.3 Å². The highest BCUT2D eigenvalue weighted by atomic mass is 16.5. The highest BCUT2D eigenvalue weighted by Gasteiger charge is 2.30. The number of aromatic amines is 1. The third-order valence-corrected chi connectivity index (χ3v) is 4.57. The van der Waals surface area contributed by atoms with Gasteiger partial charge >= 0.3 is 0 Å². The fourth-order valence-corrected chi connectivity index (χ4v) is 3.44. The first-order valence-electron chi connectivity index (χ1n) is 8.64. The predicted octanol–water partition coefficient (Wildman–Crippen LogP) is 1.62. The van der Waals surface area contributed by atoms with Crippen LogP contribution in [0.25, 0.3) is 22.3 Å². The molecular formula is C18H22N6O2. The number of fused-ring (bicyclic) bond motifs is 1. The van der Waals surface area contributed by atoms with E-state index >= 15 is 0 Å². The minimum Gasteiger partial charge on any atom is -0.363 e. The van der Waals surface area contributed by atoms with Gasteiger partial charge in [-0.25, -0.2) is 4.68 Å². The number of likely N-dealkylation sites (N-methyl/N-ethyl adjacent to an activating group) is 1. The Kier molecular flexibility index (Phi) is 4.21. The van der Waals surface area contributed by atoms with E-state index in [2.05, 4.69) is 25.5 Å². The maximum absolute atomic E-state index is 12.7. The van der Waals surface area contributed by atoms with Gasteiger partial charge < -0.3 is 15.0 Å². The van der Waals surface area contributed by atoms with E-state index in [0.29, 0.717) is 18.0 Å². The Morgan fingerprint density at radius 2 is 2.04 bits per heavy atom. The van der Waals surface area contributed by atoms with E-state index in [1.54, 1.807) is 4.68 Å². The lowest BCUT2D eigenvalue weighted by molar-refractivity contribution is -0.139. The standard InChI is InChI=1S/C18H22N6O2/c1-11-9-23(2)10-13(26-11)18(25)19-16-14-15(12-7-5-4-6-8-12)22-24(3)17(14)21-20-16/h4-8,11,13H,9-10H2,1-3H3,(H2,19,20,21,25)/t11-,13-/m1/s1. The molecule has 1 saturated heterocycles. The fraction of sp³-hybridized carbons (Fsp3) is 0.389. The molecule has 8 heteroatoms. The number of nitrogens with one attached hydrogen (secondary N) is 2. The number of amides is 1. The molecule has 136 valence electrons. The molecule has 1 aliphatic heterocycles. The maximum atomic E-state index is 12.7. The van der Waals surface area contributed by atoms with Crippen molar-refractivity contribution in [3.63, 3.8) is 0 Å². The van der Waals surface area contributed by atoms with Crippen molar-refractivity contribution in [2.45, 2.75) is 19.1 Å². The molecule has 2 N–H and O–H groups in total. The van der Waals surface area contributed by atoms with Crippen LogP contribution in [0.5, 0.6) is 0 Å². The van der Waals surface area contributed by atoms with Gasteiger partial charge in [-0.2, -0.15) is 10.2 Å². The van der Waals surface area contributed by atoms with E-state index in [1.165, 1.54) is 0 Å². The van der Waals surface area contributed by atoms with Crippen molar-refractivity contribution < 1.29 is 9.53 Å². The lowest BCUT2D eigenvalue weighted by Crippen LogP contribution is -2.49. The average molecular weight is 354 g/mol. The summed E-state index contributed by atoms with van der Waals surface area (Å²) in [5, 5.41) is 15.5. The molecule has 1 fully saturated rings. The first kappa shape index (κ1) is 16.7. The van der Waals surface area contributed by atoms with E-state index in [4.69, 9.17) is 4.74 Å². The third-order valence-electron chi connectivity index (χ3n) is 4.57. The van der Waals surface area contributed by atoms with Gasteiger partial charge in [-0.1, -0.05) is 30.3 Å². The molecule has 4 rings (SSSR count). The molecule has 0 aliphatic carbocycles. The molecule has 0 unspecified atom stereocenters. The molecular weight excluding hydrogens is 332 g/mol. The Morgan fingerprint density at radius 1 is 1.27 bits per heavy atom. The third kappa shape index (κ3) is 2.97. The second kappa shape index (κ2) is 6.54. The molecule has 26 heavy (non-hydrogen) atoms. The van der Waals surface area contributed by atoms with Crippen molar-refractivity contribution in [3.8, 4) is 11.3 Å². The molecule has 0 radical (unpaired) electrons. The van der Waals surface area contributed by atoms with E-state index in [1.807, 2.05) is 51.4 Å². The van der Waals surface area contributed by atoms with Crippen molar-refractivity contribution >= 4 is 22.8 Å². The van der Waals surface area contributed by atoms with Crippen LogP contribution >= 0.6 is 0 Å². The zero-order valence-corrected chi connectivity index (χ0v) is 15.1. The monoisotopic (exact) mass is 354 g/mol. The number of carbonyl (C=O) groups excluding carboxylic acids is 1. The van der Waals surface area contributed by atoms with Gasteiger partial charge in [0.05, 0.1) is 11.5 Å². The van der Waals surface area contributed by atoms with Crippen molar-refractivity contribution in [1.29, 1.82) is 0 Å². The fourth-order valence-electron chi connectivity index (χ4n) is 3.44. The maximum Gasteiger partial charge on any atom is 0.256 e. The van der Waals surface area contributed by atoms with Crippen LogP contribution in [0.2, 0.25) is 0 Å². The van der Waals surface area contributed by atoms with Crippen LogP contribution in [-0.2, 0) is 16.6 Å². The van der Waals surface area contributed by atoms with Crippen molar-refractivity contribution in [1.82, 2.24) is 24.9 Å². The quantitative estimate of drug-likeness (QED) is 0.746. The Balaban J connectivity index is 1.66. The second-order valence-corrected chi connectivity index (χ2v) is 6.78. The number of carbonyl (C=O) groups is 1. The number of benzene rings is 1. The molecule has 0 saturated carbocycles. The number of hydrogen-bond donors (Lipinski definition) is 2. The molecule has 3 aromatic rings. The number of nitrogens with zero attached hydrogens (tertiary/aromatic N) is 4. The lowest BCUT2D eigenvalue weighted by Gasteiger charge is -2.33. The van der Waals surface area contributed by atoms with E-state index < -0.39 is 6.10 Å². The lowest BCUT2D eigenvalue weighted by atomic mass is 10.1.